The molecule has 1 N–H and O–H groups in total. The molecule has 2 atom stereocenters. The monoisotopic (exact) mass is 322 g/mol. The molecule has 2 aliphatic rings. The van der Waals surface area contributed by atoms with Gasteiger partial charge in [0.05, 0.1) is 5.56 Å². The Kier molecular flexibility index (Phi) is 3.18. The quantitative estimate of drug-likeness (QED) is 0.844. The van der Waals surface area contributed by atoms with E-state index < -0.39 is 11.7 Å². The second-order valence-corrected chi connectivity index (χ2v) is 6.64. The van der Waals surface area contributed by atoms with Crippen molar-refractivity contribution in [3.63, 3.8) is 0 Å². The lowest BCUT2D eigenvalue weighted by atomic mass is 10.0. The molecular weight excluding hydrogens is 305 g/mol. The van der Waals surface area contributed by atoms with Crippen molar-refractivity contribution in [2.24, 2.45) is 11.8 Å². The van der Waals surface area contributed by atoms with Gasteiger partial charge >= 0.3 is 6.18 Å². The van der Waals surface area contributed by atoms with Crippen LogP contribution >= 0.6 is 0 Å². The molecule has 0 radical (unpaired) electrons. The molecule has 1 saturated carbocycles. The second kappa shape index (κ2) is 5.01. The highest BCUT2D eigenvalue weighted by atomic mass is 19.4. The molecule has 23 heavy (non-hydrogen) atoms. The number of aromatic nitrogens is 1. The minimum atomic E-state index is -4.38. The first kappa shape index (κ1) is 14.6. The average Bonchev–Trinajstić information content (AvgIpc) is 3.17. The number of fused-ring (bicyclic) bond motifs is 2. The summed E-state index contributed by atoms with van der Waals surface area (Å²) in [7, 11) is 0. The van der Waals surface area contributed by atoms with Crippen molar-refractivity contribution in [2.75, 3.05) is 13.1 Å². The van der Waals surface area contributed by atoms with Crippen molar-refractivity contribution in [1.82, 2.24) is 9.88 Å². The fourth-order valence-electron chi connectivity index (χ4n) is 3.99. The molecule has 6 heteroatoms. The largest absolute Gasteiger partial charge is 0.416 e. The number of hydrogen-bond donors (Lipinski definition) is 1. The lowest BCUT2D eigenvalue weighted by Gasteiger charge is -2.16. The van der Waals surface area contributed by atoms with Gasteiger partial charge in [0.15, 0.2) is 0 Å². The fourth-order valence-corrected chi connectivity index (χ4v) is 3.99. The number of amides is 1. The van der Waals surface area contributed by atoms with Crippen LogP contribution in [0.3, 0.4) is 0 Å². The van der Waals surface area contributed by atoms with Gasteiger partial charge in [-0.25, -0.2) is 0 Å². The number of aromatic amines is 1. The summed E-state index contributed by atoms with van der Waals surface area (Å²) >= 11 is 0. The van der Waals surface area contributed by atoms with Crippen LogP contribution in [0.15, 0.2) is 24.3 Å². The molecule has 0 bridgehead atoms. The fraction of sp³-hybridized carbons (Fsp3) is 0.471. The Balaban J connectivity index is 1.60. The van der Waals surface area contributed by atoms with Gasteiger partial charge in [0.2, 0.25) is 0 Å². The maximum Gasteiger partial charge on any atom is 0.416 e. The molecule has 1 aliphatic heterocycles. The lowest BCUT2D eigenvalue weighted by molar-refractivity contribution is -0.137. The third-order valence-electron chi connectivity index (χ3n) is 5.19. The van der Waals surface area contributed by atoms with Gasteiger partial charge < -0.3 is 9.88 Å². The Bertz CT molecular complexity index is 753. The van der Waals surface area contributed by atoms with Crippen molar-refractivity contribution in [2.45, 2.75) is 25.4 Å². The molecule has 1 amide bonds. The molecule has 122 valence electrons. The van der Waals surface area contributed by atoms with Gasteiger partial charge in [-0.3, -0.25) is 4.79 Å². The van der Waals surface area contributed by atoms with Gasteiger partial charge in [-0.1, -0.05) is 12.5 Å². The number of carbonyl (C=O) groups is 1. The van der Waals surface area contributed by atoms with Crippen LogP contribution in [0.4, 0.5) is 13.2 Å². The predicted octanol–water partition coefficient (Wildman–Crippen LogP) is 4.06. The third kappa shape index (κ3) is 2.50. The van der Waals surface area contributed by atoms with Gasteiger partial charge in [0.25, 0.3) is 5.91 Å². The van der Waals surface area contributed by atoms with Crippen LogP contribution in [0.5, 0.6) is 0 Å². The molecule has 4 rings (SSSR count). The van der Waals surface area contributed by atoms with Gasteiger partial charge in [0, 0.05) is 24.0 Å². The number of alkyl halides is 3. The Morgan fingerprint density at radius 1 is 1.13 bits per heavy atom. The number of hydrogen-bond acceptors (Lipinski definition) is 1. The van der Waals surface area contributed by atoms with Crippen LogP contribution in [0.25, 0.3) is 10.9 Å². The molecule has 1 aliphatic carbocycles. The zero-order valence-electron chi connectivity index (χ0n) is 12.5. The number of benzene rings is 1. The molecule has 2 aromatic rings. The Morgan fingerprint density at radius 3 is 2.48 bits per heavy atom. The normalized spacial score (nSPS) is 24.4. The van der Waals surface area contributed by atoms with Crippen LogP contribution < -0.4 is 0 Å². The van der Waals surface area contributed by atoms with Crippen LogP contribution in [-0.4, -0.2) is 28.9 Å². The number of halogens is 3. The highest BCUT2D eigenvalue weighted by molar-refractivity contribution is 5.98. The van der Waals surface area contributed by atoms with Crippen molar-refractivity contribution >= 4 is 16.8 Å². The Labute approximate surface area is 131 Å². The minimum absolute atomic E-state index is 0.107. The summed E-state index contributed by atoms with van der Waals surface area (Å²) in [5.41, 5.74) is 0.0171. The third-order valence-corrected chi connectivity index (χ3v) is 5.19. The summed E-state index contributed by atoms with van der Waals surface area (Å²) in [6, 6.07) is 5.16. The maximum atomic E-state index is 12.8. The summed E-state index contributed by atoms with van der Waals surface area (Å²) in [4.78, 5) is 17.3. The second-order valence-electron chi connectivity index (χ2n) is 6.64. The first-order valence-corrected chi connectivity index (χ1v) is 7.91. The van der Waals surface area contributed by atoms with E-state index in [1.54, 1.807) is 6.07 Å². The number of nitrogens with zero attached hydrogens (tertiary/aromatic N) is 1. The average molecular weight is 322 g/mol. The molecule has 2 heterocycles. The Morgan fingerprint density at radius 2 is 1.83 bits per heavy atom. The predicted molar refractivity (Wildman–Crippen MR) is 80.0 cm³/mol. The standard InChI is InChI=1S/C17H17F3N2O/c18-17(19,20)13-5-4-10-6-15(21-14(10)7-13)16(23)22-8-11-2-1-3-12(11)9-22/h4-7,11-12,21H,1-3,8-9H2. The summed E-state index contributed by atoms with van der Waals surface area (Å²) in [6.07, 6.45) is -0.786. The SMILES string of the molecule is O=C(c1cc2ccc(C(F)(F)F)cc2[nH]1)N1CC2CCCC2C1. The van der Waals surface area contributed by atoms with Crippen molar-refractivity contribution in [1.29, 1.82) is 0 Å². The van der Waals surface area contributed by atoms with E-state index in [-0.39, 0.29) is 5.91 Å². The number of H-pyrrole nitrogens is 1. The van der Waals surface area contributed by atoms with Gasteiger partial charge in [-0.2, -0.15) is 13.2 Å². The first-order valence-electron chi connectivity index (χ1n) is 7.91. The van der Waals surface area contributed by atoms with E-state index in [1.807, 2.05) is 4.90 Å². The van der Waals surface area contributed by atoms with E-state index in [9.17, 15) is 18.0 Å². The van der Waals surface area contributed by atoms with Crippen molar-refractivity contribution < 1.29 is 18.0 Å². The van der Waals surface area contributed by atoms with Gasteiger partial charge in [-0.15, -0.1) is 0 Å². The zero-order chi connectivity index (χ0) is 16.2. The molecule has 2 fully saturated rings. The molecule has 1 aromatic carbocycles. The van der Waals surface area contributed by atoms with E-state index in [2.05, 4.69) is 4.98 Å². The van der Waals surface area contributed by atoms with E-state index in [4.69, 9.17) is 0 Å². The molecular formula is C17H17F3N2O. The summed E-state index contributed by atoms with van der Waals surface area (Å²) in [5, 5.41) is 0.626. The number of carbonyl (C=O) groups excluding carboxylic acids is 1. The smallest absolute Gasteiger partial charge is 0.351 e. The van der Waals surface area contributed by atoms with E-state index in [0.29, 0.717) is 28.4 Å². The van der Waals surface area contributed by atoms with Crippen LogP contribution in [0.1, 0.15) is 35.3 Å². The lowest BCUT2D eigenvalue weighted by Crippen LogP contribution is -2.29. The molecule has 1 aromatic heterocycles. The molecule has 0 spiro atoms. The molecule has 3 nitrogen and oxygen atoms in total. The summed E-state index contributed by atoms with van der Waals surface area (Å²) < 4.78 is 38.3. The highest BCUT2D eigenvalue weighted by Crippen LogP contribution is 2.38. The molecule has 1 saturated heterocycles. The topological polar surface area (TPSA) is 36.1 Å². The Hall–Kier alpha value is -1.98. The maximum absolute atomic E-state index is 12.8. The highest BCUT2D eigenvalue weighted by Gasteiger charge is 2.38. The number of nitrogens with one attached hydrogen (secondary N) is 1. The number of rotatable bonds is 1. The van der Waals surface area contributed by atoms with Crippen LogP contribution in [0, 0.1) is 11.8 Å². The van der Waals surface area contributed by atoms with Crippen LogP contribution in [0.2, 0.25) is 0 Å². The van der Waals surface area contributed by atoms with Gasteiger partial charge in [-0.05, 0) is 42.9 Å². The summed E-state index contributed by atoms with van der Waals surface area (Å²) in [5.74, 6) is 1.09. The summed E-state index contributed by atoms with van der Waals surface area (Å²) in [6.45, 7) is 1.54. The van der Waals surface area contributed by atoms with E-state index in [1.165, 1.54) is 25.3 Å². The number of likely N-dealkylation sites (tertiary alicyclic amines) is 1. The first-order chi connectivity index (χ1) is 10.9. The van der Waals surface area contributed by atoms with Crippen molar-refractivity contribution in [3.8, 4) is 0 Å². The van der Waals surface area contributed by atoms with Crippen LogP contribution in [-0.2, 0) is 6.18 Å². The van der Waals surface area contributed by atoms with E-state index in [0.717, 1.165) is 25.2 Å². The van der Waals surface area contributed by atoms with E-state index >= 15 is 0 Å². The van der Waals surface area contributed by atoms with Crippen molar-refractivity contribution in [3.05, 3.63) is 35.5 Å². The van der Waals surface area contributed by atoms with Gasteiger partial charge in [0.1, 0.15) is 5.69 Å². The molecule has 2 unspecified atom stereocenters. The minimum Gasteiger partial charge on any atom is -0.351 e. The zero-order valence-corrected chi connectivity index (χ0v) is 12.5.